The molecule has 0 bridgehead atoms. The number of rotatable bonds is 8. The van der Waals surface area contributed by atoms with Crippen molar-refractivity contribution in [1.82, 2.24) is 14.7 Å². The van der Waals surface area contributed by atoms with Gasteiger partial charge in [0.25, 0.3) is 0 Å². The Morgan fingerprint density at radius 2 is 2.09 bits per heavy atom. The van der Waals surface area contributed by atoms with Crippen LogP contribution in [0.15, 0.2) is 29.3 Å². The Kier molecular flexibility index (Phi) is 8.11. The molecule has 1 fully saturated rings. The Morgan fingerprint density at radius 3 is 2.76 bits per heavy atom. The molecule has 0 aromatic carbocycles. The molecule has 1 amide bonds. The molecule has 2 aliphatic carbocycles. The lowest BCUT2D eigenvalue weighted by molar-refractivity contribution is 0.0282. The van der Waals surface area contributed by atoms with Crippen LogP contribution >= 0.6 is 11.6 Å². The fraction of sp³-hybridized carbons (Fsp3) is 0.667. The fourth-order valence-corrected chi connectivity index (χ4v) is 4.28. The van der Waals surface area contributed by atoms with Gasteiger partial charge in [0.05, 0.1) is 24.4 Å². The van der Waals surface area contributed by atoms with E-state index in [9.17, 15) is 14.3 Å². The molecule has 1 saturated carbocycles. The number of alkyl halides is 1. The van der Waals surface area contributed by atoms with Crippen LogP contribution in [0.25, 0.3) is 0 Å². The lowest BCUT2D eigenvalue weighted by Gasteiger charge is -2.24. The molecule has 1 aromatic heterocycles. The lowest BCUT2D eigenvalue weighted by atomic mass is 9.98. The summed E-state index contributed by atoms with van der Waals surface area (Å²) in [6.45, 7) is 6.22. The van der Waals surface area contributed by atoms with E-state index in [1.807, 2.05) is 20.8 Å². The van der Waals surface area contributed by atoms with E-state index in [4.69, 9.17) is 21.1 Å². The van der Waals surface area contributed by atoms with E-state index in [2.05, 4.69) is 5.10 Å². The van der Waals surface area contributed by atoms with Gasteiger partial charge >= 0.3 is 6.09 Å². The summed E-state index contributed by atoms with van der Waals surface area (Å²) >= 11 is 6.02. The van der Waals surface area contributed by atoms with Crippen molar-refractivity contribution in [3.63, 3.8) is 0 Å². The van der Waals surface area contributed by atoms with E-state index < -0.39 is 29.4 Å². The monoisotopic (exact) mass is 483 g/mol. The summed E-state index contributed by atoms with van der Waals surface area (Å²) in [6, 6.07) is 1.75. The van der Waals surface area contributed by atoms with E-state index in [-0.39, 0.29) is 13.2 Å². The number of carbonyl (C=O) groups excluding carboxylic acids is 1. The Bertz CT molecular complexity index is 887. The molecule has 2 unspecified atom stereocenters. The van der Waals surface area contributed by atoms with Gasteiger partial charge in [-0.05, 0) is 52.2 Å². The molecule has 9 heteroatoms. The molecule has 7 nitrogen and oxygen atoms in total. The van der Waals surface area contributed by atoms with Gasteiger partial charge in [0, 0.05) is 30.6 Å². The highest BCUT2D eigenvalue weighted by molar-refractivity contribution is 6.31. The maximum Gasteiger partial charge on any atom is 0.410 e. The highest BCUT2D eigenvalue weighted by Gasteiger charge is 2.31. The summed E-state index contributed by atoms with van der Waals surface area (Å²) in [5.41, 5.74) is -0.668. The van der Waals surface area contributed by atoms with Crippen LogP contribution in [-0.2, 0) is 17.8 Å². The van der Waals surface area contributed by atoms with E-state index in [0.717, 1.165) is 25.7 Å². The summed E-state index contributed by atoms with van der Waals surface area (Å²) in [5, 5.41) is 15.8. The molecule has 1 heterocycles. The smallest absolute Gasteiger partial charge is 0.410 e. The van der Waals surface area contributed by atoms with E-state index >= 15 is 0 Å². The number of aryl methyl sites for hydroxylation is 1. The Hall–Kier alpha value is -2.06. The average molecular weight is 484 g/mol. The van der Waals surface area contributed by atoms with Crippen LogP contribution < -0.4 is 4.74 Å². The van der Waals surface area contributed by atoms with Crippen molar-refractivity contribution < 1.29 is 23.8 Å². The van der Waals surface area contributed by atoms with Crippen LogP contribution in [0.5, 0.6) is 5.88 Å². The minimum absolute atomic E-state index is 0.0963. The molecule has 0 radical (unpaired) electrons. The third-order valence-electron chi connectivity index (χ3n) is 5.87. The van der Waals surface area contributed by atoms with Crippen LogP contribution in [0.4, 0.5) is 9.18 Å². The molecule has 184 valence electrons. The number of ether oxygens (including phenoxy) is 2. The average Bonchev–Trinajstić information content (AvgIpc) is 3.32. The van der Waals surface area contributed by atoms with Crippen LogP contribution in [0.1, 0.15) is 58.6 Å². The number of aromatic nitrogens is 2. The van der Waals surface area contributed by atoms with Crippen molar-refractivity contribution in [3.8, 4) is 5.88 Å². The first-order valence-corrected chi connectivity index (χ1v) is 11.9. The molecule has 3 rings (SSSR count). The first kappa shape index (κ1) is 25.6. The highest BCUT2D eigenvalue weighted by Crippen LogP contribution is 2.33. The summed E-state index contributed by atoms with van der Waals surface area (Å²) in [7, 11) is 1.64. The number of hydrogen-bond acceptors (Lipinski definition) is 5. The molecular formula is C24H35ClFN3O4. The maximum absolute atomic E-state index is 14.2. The third kappa shape index (κ3) is 7.47. The van der Waals surface area contributed by atoms with Crippen molar-refractivity contribution in [2.75, 3.05) is 13.7 Å². The fourth-order valence-electron chi connectivity index (χ4n) is 4.05. The Morgan fingerprint density at radius 1 is 1.39 bits per heavy atom. The summed E-state index contributed by atoms with van der Waals surface area (Å²) in [4.78, 5) is 13.8. The topological polar surface area (TPSA) is 76.8 Å². The zero-order chi connectivity index (χ0) is 24.2. The quantitative estimate of drug-likeness (QED) is 0.564. The van der Waals surface area contributed by atoms with Gasteiger partial charge in [0.15, 0.2) is 0 Å². The normalized spacial score (nSPS) is 22.2. The SMILES string of the molecule is CN(Cc1cc(OCC2C=C(Cl)C=CC2F)n(CCC2(O)CCCC2)n1)C(=O)OC(C)(C)C. The Labute approximate surface area is 200 Å². The molecule has 1 N–H and O–H groups in total. The number of carbonyl (C=O) groups is 1. The number of nitrogens with zero attached hydrogens (tertiary/aromatic N) is 3. The molecule has 2 aliphatic rings. The summed E-state index contributed by atoms with van der Waals surface area (Å²) < 4.78 is 27.3. The zero-order valence-electron chi connectivity index (χ0n) is 19.9. The molecule has 2 atom stereocenters. The largest absolute Gasteiger partial charge is 0.477 e. The van der Waals surface area contributed by atoms with Crippen molar-refractivity contribution in [3.05, 3.63) is 35.0 Å². The van der Waals surface area contributed by atoms with Gasteiger partial charge < -0.3 is 19.5 Å². The van der Waals surface area contributed by atoms with Crippen LogP contribution in [0.3, 0.4) is 0 Å². The van der Waals surface area contributed by atoms with Crippen LogP contribution in [0, 0.1) is 5.92 Å². The number of amides is 1. The van der Waals surface area contributed by atoms with Gasteiger partial charge in [0.2, 0.25) is 5.88 Å². The second-order valence-electron chi connectivity index (χ2n) is 10.0. The van der Waals surface area contributed by atoms with E-state index in [0.29, 0.717) is 29.6 Å². The molecule has 33 heavy (non-hydrogen) atoms. The second-order valence-corrected chi connectivity index (χ2v) is 10.5. The van der Waals surface area contributed by atoms with E-state index in [1.54, 1.807) is 29.9 Å². The molecule has 1 aromatic rings. The molecular weight excluding hydrogens is 449 g/mol. The number of hydrogen-bond donors (Lipinski definition) is 1. The third-order valence-corrected chi connectivity index (χ3v) is 6.12. The van der Waals surface area contributed by atoms with Crippen molar-refractivity contribution >= 4 is 17.7 Å². The molecule has 0 aliphatic heterocycles. The van der Waals surface area contributed by atoms with Gasteiger partial charge in [-0.1, -0.05) is 30.5 Å². The first-order chi connectivity index (χ1) is 15.4. The van der Waals surface area contributed by atoms with Crippen LogP contribution in [-0.4, -0.2) is 56.9 Å². The second kappa shape index (κ2) is 10.5. The molecule has 0 saturated heterocycles. The summed E-state index contributed by atoms with van der Waals surface area (Å²) in [5.74, 6) is -0.0341. The standard InChI is InChI=1S/C24H35ClFN3O4/c1-23(2,3)33-22(30)28(4)15-19-14-21(32-16-17-13-18(25)7-8-20(17)26)29(27-19)12-11-24(31)9-5-6-10-24/h7-8,13-14,17,20,31H,5-6,9-12,15-16H2,1-4H3. The van der Waals surface area contributed by atoms with Gasteiger partial charge in [-0.3, -0.25) is 0 Å². The maximum atomic E-state index is 14.2. The minimum Gasteiger partial charge on any atom is -0.477 e. The van der Waals surface area contributed by atoms with Gasteiger partial charge in [-0.15, -0.1) is 0 Å². The van der Waals surface area contributed by atoms with Gasteiger partial charge in [0.1, 0.15) is 11.8 Å². The predicted molar refractivity (Wildman–Crippen MR) is 125 cm³/mol. The predicted octanol–water partition coefficient (Wildman–Crippen LogP) is 4.97. The van der Waals surface area contributed by atoms with Crippen molar-refractivity contribution in [2.24, 2.45) is 5.92 Å². The van der Waals surface area contributed by atoms with Gasteiger partial charge in [-0.25, -0.2) is 13.9 Å². The van der Waals surface area contributed by atoms with Crippen LogP contribution in [0.2, 0.25) is 0 Å². The number of halogens is 2. The zero-order valence-corrected chi connectivity index (χ0v) is 20.6. The van der Waals surface area contributed by atoms with E-state index in [1.165, 1.54) is 11.0 Å². The molecule has 0 spiro atoms. The summed E-state index contributed by atoms with van der Waals surface area (Å²) in [6.07, 6.45) is 7.12. The number of aliphatic hydroxyl groups is 1. The van der Waals surface area contributed by atoms with Crippen molar-refractivity contribution in [2.45, 2.75) is 83.3 Å². The minimum atomic E-state index is -1.18. The Balaban J connectivity index is 1.71. The lowest BCUT2D eigenvalue weighted by Crippen LogP contribution is -2.34. The highest BCUT2D eigenvalue weighted by atomic mass is 35.5. The first-order valence-electron chi connectivity index (χ1n) is 11.5. The number of allylic oxidation sites excluding steroid dienone is 3. The van der Waals surface area contributed by atoms with Gasteiger partial charge in [-0.2, -0.15) is 5.10 Å². The van der Waals surface area contributed by atoms with Crippen molar-refractivity contribution in [1.29, 1.82) is 0 Å².